The highest BCUT2D eigenvalue weighted by atomic mass is 19.1. The predicted octanol–water partition coefficient (Wildman–Crippen LogP) is 16.8. The molecule has 0 fully saturated rings. The third-order valence-electron chi connectivity index (χ3n) is 12.5. The van der Waals surface area contributed by atoms with Gasteiger partial charge in [0.1, 0.15) is 11.6 Å². The van der Waals surface area contributed by atoms with Crippen LogP contribution in [0.4, 0.5) is 8.78 Å². The molecule has 0 nitrogen and oxygen atoms in total. The van der Waals surface area contributed by atoms with Crippen LogP contribution in [-0.4, -0.2) is 0 Å². The van der Waals surface area contributed by atoms with Crippen molar-refractivity contribution in [1.82, 2.24) is 0 Å². The molecule has 0 unspecified atom stereocenters. The minimum Gasteiger partial charge on any atom is -0.207 e. The normalized spacial score (nSPS) is 12.1. The highest BCUT2D eigenvalue weighted by Crippen LogP contribution is 2.50. The van der Waals surface area contributed by atoms with Gasteiger partial charge in [0.15, 0.2) is 0 Å². The van der Waals surface area contributed by atoms with Gasteiger partial charge in [-0.15, -0.1) is 0 Å². The Morgan fingerprint density at radius 1 is 0.300 bits per heavy atom. The van der Waals surface area contributed by atoms with Gasteiger partial charge in [0, 0.05) is 0 Å². The fourth-order valence-electron chi connectivity index (χ4n) is 9.53. The second kappa shape index (κ2) is 13.7. The fraction of sp³-hybridized carbons (Fsp3) is 0.0690. The van der Waals surface area contributed by atoms with Crippen molar-refractivity contribution in [3.8, 4) is 44.5 Å². The molecule has 0 spiro atoms. The van der Waals surface area contributed by atoms with Crippen LogP contribution in [0.25, 0.3) is 109 Å². The van der Waals surface area contributed by atoms with Gasteiger partial charge in [0.25, 0.3) is 0 Å². The summed E-state index contributed by atoms with van der Waals surface area (Å²) < 4.78 is 29.4. The predicted molar refractivity (Wildman–Crippen MR) is 252 cm³/mol. The molecule has 11 rings (SSSR count). The van der Waals surface area contributed by atoms with E-state index in [2.05, 4.69) is 166 Å². The number of fused-ring (bicyclic) bond motifs is 8. The highest BCUT2D eigenvalue weighted by Gasteiger charge is 2.23. The minimum atomic E-state index is -0.268. The van der Waals surface area contributed by atoms with Crippen LogP contribution in [0.3, 0.4) is 0 Å². The van der Waals surface area contributed by atoms with Crippen molar-refractivity contribution >= 4 is 64.6 Å². The molecule has 0 aliphatic heterocycles. The van der Waals surface area contributed by atoms with E-state index in [-0.39, 0.29) is 17.0 Å². The lowest BCUT2D eigenvalue weighted by molar-refractivity contribution is 0.590. The van der Waals surface area contributed by atoms with Crippen molar-refractivity contribution in [3.63, 3.8) is 0 Å². The van der Waals surface area contributed by atoms with Gasteiger partial charge >= 0.3 is 0 Å². The molecule has 286 valence electrons. The van der Waals surface area contributed by atoms with E-state index in [9.17, 15) is 4.39 Å². The van der Waals surface area contributed by atoms with Gasteiger partial charge in [0.05, 0.1) is 0 Å². The number of benzene rings is 11. The third-order valence-corrected chi connectivity index (χ3v) is 12.5. The second-order valence-corrected chi connectivity index (χ2v) is 17.1. The van der Waals surface area contributed by atoms with Crippen molar-refractivity contribution in [3.05, 3.63) is 205 Å². The summed E-state index contributed by atoms with van der Waals surface area (Å²) in [6, 6.07) is 64.8. The highest BCUT2D eigenvalue weighted by molar-refractivity contribution is 6.29. The van der Waals surface area contributed by atoms with Crippen LogP contribution >= 0.6 is 0 Å². The maximum absolute atomic E-state index is 15.1. The van der Waals surface area contributed by atoms with E-state index in [1.807, 2.05) is 18.2 Å². The van der Waals surface area contributed by atoms with Crippen LogP contribution in [0.5, 0.6) is 0 Å². The Balaban J connectivity index is 1.33. The van der Waals surface area contributed by atoms with E-state index in [0.717, 1.165) is 87.6 Å². The largest absolute Gasteiger partial charge is 0.207 e. The van der Waals surface area contributed by atoms with Gasteiger partial charge < -0.3 is 0 Å². The first-order chi connectivity index (χ1) is 29.2. The molecule has 0 amide bonds. The molecule has 0 saturated carbocycles. The van der Waals surface area contributed by atoms with Gasteiger partial charge in [-0.3, -0.25) is 0 Å². The summed E-state index contributed by atoms with van der Waals surface area (Å²) in [6.45, 7) is 6.74. The Morgan fingerprint density at radius 3 is 1.27 bits per heavy atom. The topological polar surface area (TPSA) is 0 Å². The average Bonchev–Trinajstić information content (AvgIpc) is 3.27. The molecule has 11 aromatic carbocycles. The van der Waals surface area contributed by atoms with Gasteiger partial charge in [-0.2, -0.15) is 0 Å². The summed E-state index contributed by atoms with van der Waals surface area (Å²) in [5.74, 6) is -0.534. The maximum Gasteiger partial charge on any atom is 0.123 e. The smallest absolute Gasteiger partial charge is 0.123 e. The first kappa shape index (κ1) is 36.0. The van der Waals surface area contributed by atoms with Crippen LogP contribution in [-0.2, 0) is 5.41 Å². The molecule has 0 heterocycles. The number of hydrogen-bond donors (Lipinski definition) is 0. The Morgan fingerprint density at radius 2 is 0.717 bits per heavy atom. The van der Waals surface area contributed by atoms with Gasteiger partial charge in [-0.1, -0.05) is 160 Å². The standard InChI is InChI=1S/C58H40F2/c1-58(2,3)41-22-16-35(17-23-41)37-20-27-51-54(31-37)56(52-33-39-10-4-5-11-44(39)46-12-6-8-14-48(46)52)50-28-21-38(36-18-24-42(59)25-19-36)32-55(50)57(51)53-34-40-30-43(60)26-29-45(40)47-13-7-9-15-49(47)53/h4-34H,1-3H3. The van der Waals surface area contributed by atoms with E-state index in [4.69, 9.17) is 0 Å². The maximum atomic E-state index is 15.1. The summed E-state index contributed by atoms with van der Waals surface area (Å²) in [4.78, 5) is 0. The van der Waals surface area contributed by atoms with Crippen LogP contribution in [0.2, 0.25) is 0 Å². The summed E-state index contributed by atoms with van der Waals surface area (Å²) in [7, 11) is 0. The van der Waals surface area contributed by atoms with Crippen LogP contribution < -0.4 is 0 Å². The first-order valence-electron chi connectivity index (χ1n) is 20.6. The Kier molecular flexibility index (Phi) is 8.22. The number of rotatable bonds is 4. The Bertz CT molecular complexity index is 3520. The van der Waals surface area contributed by atoms with Crippen molar-refractivity contribution in [2.24, 2.45) is 0 Å². The van der Waals surface area contributed by atoms with Crippen LogP contribution in [0, 0.1) is 11.6 Å². The van der Waals surface area contributed by atoms with Crippen molar-refractivity contribution in [1.29, 1.82) is 0 Å². The average molecular weight is 775 g/mol. The molecular weight excluding hydrogens is 735 g/mol. The molecule has 60 heavy (non-hydrogen) atoms. The molecule has 0 radical (unpaired) electrons. The second-order valence-electron chi connectivity index (χ2n) is 17.1. The lowest BCUT2D eigenvalue weighted by Gasteiger charge is -2.22. The monoisotopic (exact) mass is 774 g/mol. The third kappa shape index (κ3) is 5.86. The summed E-state index contributed by atoms with van der Waals surface area (Å²) in [6.07, 6.45) is 0. The lowest BCUT2D eigenvalue weighted by atomic mass is 9.81. The van der Waals surface area contributed by atoms with E-state index in [1.54, 1.807) is 12.1 Å². The fourth-order valence-corrected chi connectivity index (χ4v) is 9.53. The lowest BCUT2D eigenvalue weighted by Crippen LogP contribution is -2.10. The molecule has 0 atom stereocenters. The minimum absolute atomic E-state index is 0.0400. The van der Waals surface area contributed by atoms with Crippen LogP contribution in [0.1, 0.15) is 26.3 Å². The van der Waals surface area contributed by atoms with E-state index < -0.39 is 0 Å². The molecule has 0 aliphatic rings. The van der Waals surface area contributed by atoms with Gasteiger partial charge in [0.2, 0.25) is 0 Å². The summed E-state index contributed by atoms with van der Waals surface area (Å²) >= 11 is 0. The SMILES string of the molecule is CC(C)(C)c1ccc(-c2ccc3c(-c4cc5cc(F)ccc5c5ccccc45)c4cc(-c5ccc(F)cc5)ccc4c(-c4cc5ccccc5c5ccccc45)c3c2)cc1. The molecule has 0 aromatic heterocycles. The zero-order chi connectivity index (χ0) is 40.7. The van der Waals surface area contributed by atoms with Crippen molar-refractivity contribution in [2.45, 2.75) is 26.2 Å². The summed E-state index contributed by atoms with van der Waals surface area (Å²) in [5.41, 5.74) is 9.96. The van der Waals surface area contributed by atoms with E-state index >= 15 is 4.39 Å². The molecule has 0 N–H and O–H groups in total. The molecule has 2 heteroatoms. The molecule has 0 bridgehead atoms. The van der Waals surface area contributed by atoms with Crippen molar-refractivity contribution in [2.75, 3.05) is 0 Å². The quantitative estimate of drug-likeness (QED) is 0.123. The molecule has 0 aliphatic carbocycles. The van der Waals surface area contributed by atoms with Crippen LogP contribution in [0.15, 0.2) is 188 Å². The Hall–Kier alpha value is -7.16. The van der Waals surface area contributed by atoms with E-state index in [1.165, 1.54) is 39.2 Å². The van der Waals surface area contributed by atoms with Gasteiger partial charge in [-0.05, 0) is 169 Å². The zero-order valence-corrected chi connectivity index (χ0v) is 33.7. The molecule has 11 aromatic rings. The summed E-state index contributed by atoms with van der Waals surface area (Å²) in [5, 5.41) is 13.2. The number of halogens is 2. The molecular formula is C58H40F2. The van der Waals surface area contributed by atoms with Gasteiger partial charge in [-0.25, -0.2) is 8.78 Å². The number of hydrogen-bond acceptors (Lipinski definition) is 0. The Labute approximate surface area is 348 Å². The zero-order valence-electron chi connectivity index (χ0n) is 33.7. The molecule has 0 saturated heterocycles. The first-order valence-corrected chi connectivity index (χ1v) is 20.6. The van der Waals surface area contributed by atoms with E-state index in [0.29, 0.717) is 0 Å². The van der Waals surface area contributed by atoms with Crippen molar-refractivity contribution < 1.29 is 8.78 Å².